The number of rotatable bonds is 34. The van der Waals surface area contributed by atoms with E-state index < -0.39 is 274 Å². The first-order valence-electron chi connectivity index (χ1n) is 38.7. The monoisotopic (exact) mass is 1780 g/mol. The molecule has 9 rings (SSSR count). The smallest absolute Gasteiger partial charge is 0.303 e. The van der Waals surface area contributed by atoms with Crippen molar-refractivity contribution in [1.82, 2.24) is 60.0 Å². The molecule has 4 aromatic rings. The lowest BCUT2D eigenvalue weighted by Gasteiger charge is -2.44. The highest BCUT2D eigenvalue weighted by atomic mass is 16.7. The van der Waals surface area contributed by atoms with Crippen molar-refractivity contribution >= 4 is 95.5 Å². The van der Waals surface area contributed by atoms with Crippen molar-refractivity contribution in [1.29, 1.82) is 0 Å². The summed E-state index contributed by atoms with van der Waals surface area (Å²) in [6, 6.07) is 0. The summed E-state index contributed by atoms with van der Waals surface area (Å²) in [6.07, 6.45) is -34.9. The van der Waals surface area contributed by atoms with Crippen LogP contribution in [0.5, 0.6) is 0 Å². The summed E-state index contributed by atoms with van der Waals surface area (Å²) in [4.78, 5) is 207. The first kappa shape index (κ1) is 96.6. The second kappa shape index (κ2) is 43.4. The van der Waals surface area contributed by atoms with E-state index in [1.165, 1.54) is 36.6 Å². The number of methoxy groups -OCH3 is 1. The molecule has 51 heteroatoms. The van der Waals surface area contributed by atoms with Crippen molar-refractivity contribution < 1.29 is 186 Å². The largest absolute Gasteiger partial charge is 0.463 e. The Morgan fingerprint density at radius 2 is 0.464 bits per heavy atom. The number of carbonyl (C=O) groups is 16. The van der Waals surface area contributed by atoms with E-state index in [1.807, 2.05) is 0 Å². The van der Waals surface area contributed by atoms with Gasteiger partial charge in [-0.05, 0) is 0 Å². The number of aromatic nitrogens is 12. The molecule has 0 amide bonds. The zero-order chi connectivity index (χ0) is 91.7. The maximum atomic E-state index is 13.3. The molecule has 125 heavy (non-hydrogen) atoms. The summed E-state index contributed by atoms with van der Waals surface area (Å²) in [5.74, 6) is -14.9. The molecule has 0 saturated carbocycles. The van der Waals surface area contributed by atoms with E-state index in [2.05, 4.69) is 41.2 Å². The molecule has 5 aliphatic heterocycles. The molecule has 9 heterocycles. The third-order valence-electron chi connectivity index (χ3n) is 18.9. The van der Waals surface area contributed by atoms with E-state index in [4.69, 9.17) is 109 Å². The van der Waals surface area contributed by atoms with Crippen molar-refractivity contribution in [2.24, 2.45) is 0 Å². The molecule has 0 unspecified atom stereocenters. The molecule has 25 atom stereocenters. The Labute approximate surface area is 709 Å². The first-order valence-corrected chi connectivity index (χ1v) is 38.7. The van der Waals surface area contributed by atoms with Crippen LogP contribution in [0, 0.1) is 0 Å². The van der Waals surface area contributed by atoms with Gasteiger partial charge in [-0.3, -0.25) is 76.7 Å². The summed E-state index contributed by atoms with van der Waals surface area (Å²) in [6.45, 7) is 13.6. The molecule has 5 aliphatic rings. The second-order valence-corrected chi connectivity index (χ2v) is 29.1. The molecule has 0 spiro atoms. The molecule has 5 fully saturated rings. The fourth-order valence-corrected chi connectivity index (χ4v) is 14.9. The highest BCUT2D eigenvalue weighted by Gasteiger charge is 2.60. The van der Waals surface area contributed by atoms with Crippen LogP contribution in [-0.2, 0) is 212 Å². The Morgan fingerprint density at radius 1 is 0.264 bits per heavy atom. The molecule has 0 aliphatic carbocycles. The summed E-state index contributed by atoms with van der Waals surface area (Å²) in [5, 5.41) is 34.4. The Morgan fingerprint density at radius 3 is 0.696 bits per heavy atom. The number of ether oxygens (including phenoxy) is 23. The third-order valence-corrected chi connectivity index (χ3v) is 18.9. The molecule has 686 valence electrons. The van der Waals surface area contributed by atoms with Gasteiger partial charge in [0.15, 0.2) is 91.6 Å². The molecule has 0 radical (unpaired) electrons. The Balaban J connectivity index is 1.06. The Kier molecular flexibility index (Phi) is 33.6. The van der Waals surface area contributed by atoms with E-state index in [-0.39, 0.29) is 49.1 Å². The zero-order valence-electron chi connectivity index (χ0n) is 70.7. The van der Waals surface area contributed by atoms with E-state index in [1.54, 1.807) is 0 Å². The van der Waals surface area contributed by atoms with Crippen LogP contribution in [0.1, 0.15) is 164 Å². The van der Waals surface area contributed by atoms with Crippen LogP contribution in [0.15, 0.2) is 24.8 Å². The topological polar surface area (TPSA) is 608 Å². The van der Waals surface area contributed by atoms with Crippen LogP contribution in [0.2, 0.25) is 0 Å². The van der Waals surface area contributed by atoms with Crippen LogP contribution < -0.4 is 0 Å². The van der Waals surface area contributed by atoms with Crippen LogP contribution >= 0.6 is 0 Å². The van der Waals surface area contributed by atoms with E-state index in [9.17, 15) is 76.7 Å². The number of hydrogen-bond acceptors (Lipinski definition) is 47. The van der Waals surface area contributed by atoms with Gasteiger partial charge in [0.1, 0.15) is 97.2 Å². The molecule has 5 saturated heterocycles. The quantitative estimate of drug-likeness (QED) is 0.0216. The van der Waals surface area contributed by atoms with Gasteiger partial charge in [0.05, 0.1) is 57.6 Å². The number of carbonyl (C=O) groups excluding carboxylic acids is 16. The minimum atomic E-state index is -1.79. The number of nitrogens with zero attached hydrogens (tertiary/aromatic N) is 12. The fraction of sp³-hybridized carbons (Fsp3) is 0.676. The standard InChI is InChI=1S/C74H96N12O39/c1-30(87)105-28-55-65(111-36(7)93)74(120-45(16)102)69(115-40(11)97)59(125-55)49-23-86(82-78-49)27-54-64(110-35(6)92)73(119-44(15)101)68(114-39(10)96)58(124-54)48-22-85(81-77-48)26-53-63(109-34(5)91)72(118-43(14)100)67(113-38(9)95)57(123-53)47-21-84(80-76-47)25-52-62(108-33(4)90)71(117-42(13)99)66(112-37(8)94)56(122-52)46-20-83(79-75-46)24-51-61(107-32(3)89)70(116-41(12)98)60(106-31(2)88)50(121-51)18-19-104-29-103-17/h20-23,50-74H,18-19,24-29H2,1-17H3/t50-,51-,52-,53-,54-,55-,56-,57-,58-,59-,60-,61-,62-,63-,64-,65-,66-,67-,68-,69-,70-,71+,72+,73+,74+/m1/s1. The Bertz CT molecular complexity index is 4570. The molecule has 0 aromatic carbocycles. The highest BCUT2D eigenvalue weighted by Crippen LogP contribution is 2.44. The molecule has 0 bridgehead atoms. The van der Waals surface area contributed by atoms with Gasteiger partial charge in [-0.1, -0.05) is 20.9 Å². The van der Waals surface area contributed by atoms with Gasteiger partial charge in [-0.25, -0.2) is 18.7 Å². The van der Waals surface area contributed by atoms with Gasteiger partial charge in [0.25, 0.3) is 0 Å². The molecular formula is C74H96N12O39. The van der Waals surface area contributed by atoms with E-state index in [0.29, 0.717) is 0 Å². The first-order chi connectivity index (χ1) is 59.0. The van der Waals surface area contributed by atoms with Crippen molar-refractivity contribution in [3.63, 3.8) is 0 Å². The zero-order valence-corrected chi connectivity index (χ0v) is 70.7. The minimum absolute atomic E-state index is 0.00120. The van der Waals surface area contributed by atoms with Crippen molar-refractivity contribution in [3.8, 4) is 0 Å². The Hall–Kier alpha value is -12.2. The molecule has 51 nitrogen and oxygen atoms in total. The van der Waals surface area contributed by atoms with Crippen molar-refractivity contribution in [2.45, 2.75) is 296 Å². The average molecular weight is 1780 g/mol. The van der Waals surface area contributed by atoms with Gasteiger partial charge in [-0.15, -0.1) is 20.4 Å². The summed E-state index contributed by atoms with van der Waals surface area (Å²) in [5.41, 5.74) is -0.779. The van der Waals surface area contributed by atoms with Gasteiger partial charge in [-0.2, -0.15) is 0 Å². The molecule has 0 N–H and O–H groups in total. The number of hydrogen-bond donors (Lipinski definition) is 0. The highest BCUT2D eigenvalue weighted by molar-refractivity contribution is 5.73. The van der Waals surface area contributed by atoms with E-state index in [0.717, 1.165) is 125 Å². The van der Waals surface area contributed by atoms with Crippen molar-refractivity contribution in [2.75, 3.05) is 27.1 Å². The predicted octanol–water partition coefficient (Wildman–Crippen LogP) is -1.77. The van der Waals surface area contributed by atoms with Gasteiger partial charge < -0.3 is 109 Å². The summed E-state index contributed by atoms with van der Waals surface area (Å²) >= 11 is 0. The lowest BCUT2D eigenvalue weighted by Crippen LogP contribution is -2.62. The normalized spacial score (nSPS) is 29.4. The van der Waals surface area contributed by atoms with Crippen LogP contribution in [0.4, 0.5) is 0 Å². The minimum Gasteiger partial charge on any atom is -0.463 e. The average Bonchev–Trinajstić information content (AvgIpc) is 1.74. The van der Waals surface area contributed by atoms with Crippen LogP contribution in [0.3, 0.4) is 0 Å². The number of esters is 16. The maximum absolute atomic E-state index is 13.3. The summed E-state index contributed by atoms with van der Waals surface area (Å²) in [7, 11) is 1.39. The van der Waals surface area contributed by atoms with Crippen LogP contribution in [-0.4, -0.2) is 311 Å². The summed E-state index contributed by atoms with van der Waals surface area (Å²) < 4.78 is 139. The second-order valence-electron chi connectivity index (χ2n) is 29.1. The van der Waals surface area contributed by atoms with Gasteiger partial charge in [0.2, 0.25) is 0 Å². The van der Waals surface area contributed by atoms with Crippen LogP contribution in [0.25, 0.3) is 0 Å². The van der Waals surface area contributed by atoms with Gasteiger partial charge >= 0.3 is 95.5 Å². The molecule has 4 aromatic heterocycles. The van der Waals surface area contributed by atoms with E-state index >= 15 is 0 Å². The van der Waals surface area contributed by atoms with Crippen molar-refractivity contribution in [3.05, 3.63) is 47.6 Å². The lowest BCUT2D eigenvalue weighted by molar-refractivity contribution is -0.255. The lowest BCUT2D eigenvalue weighted by atomic mass is 9.92. The van der Waals surface area contributed by atoms with Gasteiger partial charge in [0, 0.05) is 124 Å². The third kappa shape index (κ3) is 26.2. The molecular weight excluding hydrogens is 1680 g/mol. The maximum Gasteiger partial charge on any atom is 0.303 e. The SMILES string of the molecule is COCOCC[C@H]1O[C@H](Cn2cc([C@H]3O[C@H](Cn4cc([C@H]5O[C@H](Cn6cc([C@H]7O[C@H](Cn8cc([C@H]9O[C@H](COC(C)=O)[C@@H](OC(C)=O)[C@H](OC(C)=O)[C@@H]9OC(C)=O)nn8)[C@@H](OC(C)=O)[C@H](OC(C)=O)[C@@H]7OC(C)=O)nn6)[C@@H](OC(C)=O)[C@H](OC(C)=O)[C@@H]5OC(C)=O)nn4)[C@@H](OC(C)=O)[C@H](OC(C)=O)[C@@H]3OC(C)=O)nn2)[C@@H](OC(C)=O)[C@H](OC(C)=O)[C@@H]1OC(C)=O. The predicted molar refractivity (Wildman–Crippen MR) is 392 cm³/mol. The fourth-order valence-electron chi connectivity index (χ4n) is 14.9.